The number of benzene rings is 4. The quantitative estimate of drug-likeness (QED) is 0.108. The highest BCUT2D eigenvalue weighted by atomic mass is 32.2. The summed E-state index contributed by atoms with van der Waals surface area (Å²) in [6, 6.07) is 30.3. The van der Waals surface area contributed by atoms with Crippen LogP contribution in [0.15, 0.2) is 102 Å². The van der Waals surface area contributed by atoms with Gasteiger partial charge in [0, 0.05) is 30.7 Å². The van der Waals surface area contributed by atoms with Gasteiger partial charge in [-0.2, -0.15) is 4.68 Å². The Hall–Kier alpha value is -5.08. The number of aromatic hydroxyl groups is 1. The van der Waals surface area contributed by atoms with Gasteiger partial charge in [0.05, 0.1) is 24.5 Å². The first-order valence-corrected chi connectivity index (χ1v) is 17.5. The number of aromatic nitrogens is 4. The third-order valence-corrected chi connectivity index (χ3v) is 9.67. The molecule has 0 radical (unpaired) electrons. The van der Waals surface area contributed by atoms with Crippen LogP contribution in [0.1, 0.15) is 55.4 Å². The van der Waals surface area contributed by atoms with E-state index in [1.54, 1.807) is 28.9 Å². The zero-order chi connectivity index (χ0) is 35.9. The molecule has 4 aromatic carbocycles. The molecule has 2 heterocycles. The van der Waals surface area contributed by atoms with Crippen LogP contribution in [0.2, 0.25) is 0 Å². The number of carbonyl (C=O) groups excluding carboxylic acids is 2. The number of aliphatic hydroxyl groups excluding tert-OH is 1. The van der Waals surface area contributed by atoms with Crippen molar-refractivity contribution in [1.29, 1.82) is 0 Å². The van der Waals surface area contributed by atoms with Crippen LogP contribution in [-0.2, 0) is 37.0 Å². The molecule has 13 heteroatoms. The fraction of sp³-hybridized carbons (Fsp3) is 0.289. The minimum Gasteiger partial charge on any atom is -0.508 e. The van der Waals surface area contributed by atoms with Gasteiger partial charge in [0.25, 0.3) is 5.91 Å². The smallest absolute Gasteiger partial charge is 0.303 e. The number of aliphatic hydroxyl groups is 1. The number of phenols is 1. The zero-order valence-corrected chi connectivity index (χ0v) is 29.2. The molecule has 264 valence electrons. The number of esters is 1. The van der Waals surface area contributed by atoms with Gasteiger partial charge < -0.3 is 29.7 Å². The maximum atomic E-state index is 12.3. The fourth-order valence-electron chi connectivity index (χ4n) is 5.82. The molecule has 6 rings (SSSR count). The lowest BCUT2D eigenvalue weighted by atomic mass is 9.91. The SMILES string of the molecule is CC(=O)O[C@@H](C)C(=O)NCc1cccc(-c2ccc([C@@H]3O[C@H](CSc4nnnn4-c4ccc(O)cc4)[C@H](C)[C@H](c4ccc(CO)cc4)O3)cc2)c1. The van der Waals surface area contributed by atoms with Gasteiger partial charge in [0.1, 0.15) is 5.75 Å². The normalized spacial score (nSPS) is 19.3. The number of nitrogens with zero attached hydrogens (tertiary/aromatic N) is 4. The summed E-state index contributed by atoms with van der Waals surface area (Å²) in [6.45, 7) is 5.16. The number of rotatable bonds is 12. The Bertz CT molecular complexity index is 1940. The van der Waals surface area contributed by atoms with Crippen molar-refractivity contribution in [2.24, 2.45) is 5.92 Å². The highest BCUT2D eigenvalue weighted by Crippen LogP contribution is 2.43. The average molecular weight is 710 g/mol. The molecule has 1 aliphatic heterocycles. The Morgan fingerprint density at radius 3 is 2.37 bits per heavy atom. The molecule has 1 fully saturated rings. The molecular formula is C38H39N5O7S. The molecular weight excluding hydrogens is 671 g/mol. The van der Waals surface area contributed by atoms with Gasteiger partial charge in [-0.25, -0.2) is 0 Å². The average Bonchev–Trinajstić information content (AvgIpc) is 3.62. The van der Waals surface area contributed by atoms with Crippen LogP contribution in [0.4, 0.5) is 0 Å². The summed E-state index contributed by atoms with van der Waals surface area (Å²) < 4.78 is 19.9. The molecule has 0 unspecified atom stereocenters. The highest BCUT2D eigenvalue weighted by Gasteiger charge is 2.38. The molecule has 1 saturated heterocycles. The van der Waals surface area contributed by atoms with Crippen molar-refractivity contribution in [3.63, 3.8) is 0 Å². The fourth-order valence-corrected chi connectivity index (χ4v) is 6.87. The molecule has 3 N–H and O–H groups in total. The molecule has 1 amide bonds. The van der Waals surface area contributed by atoms with Gasteiger partial charge in [-0.05, 0) is 75.5 Å². The van der Waals surface area contributed by atoms with Crippen LogP contribution >= 0.6 is 11.8 Å². The number of hydrogen-bond acceptors (Lipinski definition) is 11. The van der Waals surface area contributed by atoms with Crippen molar-refractivity contribution in [3.8, 4) is 22.6 Å². The van der Waals surface area contributed by atoms with E-state index in [0.717, 1.165) is 39.1 Å². The van der Waals surface area contributed by atoms with Crippen molar-refractivity contribution < 1.29 is 34.0 Å². The van der Waals surface area contributed by atoms with Gasteiger partial charge in [-0.1, -0.05) is 85.4 Å². The summed E-state index contributed by atoms with van der Waals surface area (Å²) in [7, 11) is 0. The third-order valence-electron chi connectivity index (χ3n) is 8.66. The van der Waals surface area contributed by atoms with Crippen molar-refractivity contribution in [1.82, 2.24) is 25.5 Å². The van der Waals surface area contributed by atoms with Crippen LogP contribution in [0.25, 0.3) is 16.8 Å². The van der Waals surface area contributed by atoms with Crippen molar-refractivity contribution in [2.45, 2.75) is 63.7 Å². The van der Waals surface area contributed by atoms with Gasteiger partial charge in [-0.15, -0.1) is 5.10 Å². The molecule has 1 aliphatic rings. The van der Waals surface area contributed by atoms with Crippen molar-refractivity contribution in [3.05, 3.63) is 119 Å². The van der Waals surface area contributed by atoms with Crippen LogP contribution in [0, 0.1) is 5.92 Å². The Kier molecular flexibility index (Phi) is 11.4. The first-order chi connectivity index (χ1) is 24.7. The lowest BCUT2D eigenvalue weighted by Gasteiger charge is -2.41. The van der Waals surface area contributed by atoms with E-state index < -0.39 is 18.4 Å². The molecule has 5 aromatic rings. The van der Waals surface area contributed by atoms with Crippen LogP contribution in [0.3, 0.4) is 0 Å². The number of carbonyl (C=O) groups is 2. The second kappa shape index (κ2) is 16.3. The van der Waals surface area contributed by atoms with E-state index in [2.05, 4.69) is 27.8 Å². The monoisotopic (exact) mass is 709 g/mol. The maximum Gasteiger partial charge on any atom is 0.303 e. The van der Waals surface area contributed by atoms with Crippen molar-refractivity contribution >= 4 is 23.6 Å². The van der Waals surface area contributed by atoms with Gasteiger partial charge in [0.2, 0.25) is 5.16 Å². The summed E-state index contributed by atoms with van der Waals surface area (Å²) in [5.74, 6) is -0.201. The third kappa shape index (κ3) is 8.81. The van der Waals surface area contributed by atoms with Crippen molar-refractivity contribution in [2.75, 3.05) is 5.75 Å². The van der Waals surface area contributed by atoms with E-state index in [9.17, 15) is 19.8 Å². The Morgan fingerprint density at radius 2 is 1.67 bits per heavy atom. The van der Waals surface area contributed by atoms with Crippen LogP contribution in [0.5, 0.6) is 5.75 Å². The summed E-state index contributed by atoms with van der Waals surface area (Å²) in [5.41, 5.74) is 6.25. The van der Waals surface area contributed by atoms with E-state index in [0.29, 0.717) is 17.5 Å². The first-order valence-electron chi connectivity index (χ1n) is 16.5. The topological polar surface area (TPSA) is 158 Å². The molecule has 0 bridgehead atoms. The summed E-state index contributed by atoms with van der Waals surface area (Å²) in [6.07, 6.45) is -2.05. The second-order valence-electron chi connectivity index (χ2n) is 12.3. The largest absolute Gasteiger partial charge is 0.508 e. The van der Waals surface area contributed by atoms with Crippen LogP contribution in [-0.4, -0.2) is 60.3 Å². The molecule has 0 aliphatic carbocycles. The van der Waals surface area contributed by atoms with Gasteiger partial charge >= 0.3 is 5.97 Å². The number of nitrogens with one attached hydrogen (secondary N) is 1. The predicted molar refractivity (Wildman–Crippen MR) is 189 cm³/mol. The van der Waals surface area contributed by atoms with E-state index in [4.69, 9.17) is 14.2 Å². The molecule has 5 atom stereocenters. The first kappa shape index (κ1) is 35.7. The molecule has 12 nitrogen and oxygen atoms in total. The van der Waals surface area contributed by atoms with E-state index in [-0.39, 0.29) is 36.4 Å². The minimum absolute atomic E-state index is 0.0359. The van der Waals surface area contributed by atoms with E-state index in [1.165, 1.54) is 25.6 Å². The Balaban J connectivity index is 1.19. The lowest BCUT2D eigenvalue weighted by Crippen LogP contribution is -2.38. The number of hydrogen-bond donors (Lipinski definition) is 3. The molecule has 51 heavy (non-hydrogen) atoms. The zero-order valence-electron chi connectivity index (χ0n) is 28.4. The number of tetrazole rings is 1. The molecule has 0 spiro atoms. The van der Waals surface area contributed by atoms with E-state index in [1.807, 2.05) is 72.8 Å². The number of ether oxygens (including phenoxy) is 3. The maximum absolute atomic E-state index is 12.3. The Morgan fingerprint density at radius 1 is 0.941 bits per heavy atom. The standard InChI is InChI=1S/C38H39N5O7S/c1-23-34(22-51-38-40-41-42-43(38)32-15-17-33(46)18-16-32)49-37(50-35(23)29-9-7-26(21-44)8-10-29)30-13-11-28(12-14-30)31-6-4-5-27(19-31)20-39-36(47)24(2)48-25(3)45/h4-19,23-24,34-35,37,44,46H,20-22H2,1-3H3,(H,39,47)/t23-,24-,34+,35+,37+/m0/s1. The molecule has 1 aromatic heterocycles. The Labute approximate surface area is 299 Å². The number of phenolic OH excluding ortho intramolecular Hbond substituents is 1. The highest BCUT2D eigenvalue weighted by molar-refractivity contribution is 7.99. The van der Waals surface area contributed by atoms with Gasteiger partial charge in [0.15, 0.2) is 12.4 Å². The summed E-state index contributed by atoms with van der Waals surface area (Å²) >= 11 is 1.48. The summed E-state index contributed by atoms with van der Waals surface area (Å²) in [5, 5.41) is 35.0. The number of thioether (sulfide) groups is 1. The second-order valence-corrected chi connectivity index (χ2v) is 13.3. The summed E-state index contributed by atoms with van der Waals surface area (Å²) in [4.78, 5) is 23.5. The lowest BCUT2D eigenvalue weighted by molar-refractivity contribution is -0.268. The van der Waals surface area contributed by atoms with E-state index >= 15 is 0 Å². The van der Waals surface area contributed by atoms with Crippen LogP contribution < -0.4 is 5.32 Å². The number of amides is 1. The predicted octanol–water partition coefficient (Wildman–Crippen LogP) is 5.68. The minimum atomic E-state index is -0.870. The molecule has 0 saturated carbocycles. The van der Waals surface area contributed by atoms with Gasteiger partial charge in [-0.3, -0.25) is 9.59 Å².